The maximum atomic E-state index is 12.7. The molecule has 1 saturated carbocycles. The molecule has 1 spiro atoms. The second kappa shape index (κ2) is 4.64. The van der Waals surface area contributed by atoms with E-state index in [2.05, 4.69) is 0 Å². The van der Waals surface area contributed by atoms with E-state index in [-0.39, 0.29) is 23.7 Å². The van der Waals surface area contributed by atoms with Crippen LogP contribution >= 0.6 is 0 Å². The Morgan fingerprint density at radius 3 is 2.38 bits per heavy atom. The van der Waals surface area contributed by atoms with E-state index in [1.807, 2.05) is 18.2 Å². The van der Waals surface area contributed by atoms with Crippen LogP contribution in [0.25, 0.3) is 0 Å². The molecule has 2 amide bonds. The Labute approximate surface area is 122 Å². The highest BCUT2D eigenvalue weighted by Gasteiger charge is 2.56. The van der Waals surface area contributed by atoms with E-state index in [4.69, 9.17) is 9.47 Å². The maximum Gasteiger partial charge on any atom is 0.237 e. The number of carbonyl (C=O) groups is 2. The number of nitrogens with zero attached hydrogens (tertiary/aromatic N) is 1. The minimum Gasteiger partial charge on any atom is -0.348 e. The first kappa shape index (κ1) is 13.0. The molecule has 0 radical (unpaired) electrons. The fraction of sp³-hybridized carbons (Fsp3) is 0.500. The largest absolute Gasteiger partial charge is 0.348 e. The molecule has 110 valence electrons. The molecule has 0 unspecified atom stereocenters. The van der Waals surface area contributed by atoms with E-state index < -0.39 is 5.79 Å². The van der Waals surface area contributed by atoms with E-state index in [1.165, 1.54) is 4.90 Å². The smallest absolute Gasteiger partial charge is 0.237 e. The van der Waals surface area contributed by atoms with Crippen LogP contribution in [0.4, 0.5) is 5.69 Å². The minimum atomic E-state index is -0.635. The summed E-state index contributed by atoms with van der Waals surface area (Å²) in [6.07, 6.45) is 1.83. The number of ether oxygens (including phenoxy) is 2. The van der Waals surface area contributed by atoms with E-state index >= 15 is 0 Å². The van der Waals surface area contributed by atoms with Crippen molar-refractivity contribution in [3.05, 3.63) is 30.3 Å². The lowest BCUT2D eigenvalue weighted by molar-refractivity contribution is -0.193. The second-order valence-electron chi connectivity index (χ2n) is 5.91. The monoisotopic (exact) mass is 287 g/mol. The summed E-state index contributed by atoms with van der Waals surface area (Å²) in [5, 5.41) is 0. The standard InChI is InChI=1S/C16H17NO4/c18-14-12-6-7-16(20-8-9-21-16)10-13(12)15(19)17(14)11-4-2-1-3-5-11/h1-5,12-13H,6-10H2/t12-,13+/m0/s1. The number of benzene rings is 1. The van der Waals surface area contributed by atoms with Gasteiger partial charge >= 0.3 is 0 Å². The molecular weight excluding hydrogens is 270 g/mol. The molecule has 2 saturated heterocycles. The van der Waals surface area contributed by atoms with Crippen molar-refractivity contribution in [1.29, 1.82) is 0 Å². The summed E-state index contributed by atoms with van der Waals surface area (Å²) >= 11 is 0. The summed E-state index contributed by atoms with van der Waals surface area (Å²) < 4.78 is 11.4. The average molecular weight is 287 g/mol. The second-order valence-corrected chi connectivity index (χ2v) is 5.91. The molecule has 5 heteroatoms. The number of hydrogen-bond acceptors (Lipinski definition) is 4. The van der Waals surface area contributed by atoms with Gasteiger partial charge in [0, 0.05) is 12.8 Å². The summed E-state index contributed by atoms with van der Waals surface area (Å²) in [6, 6.07) is 9.14. The van der Waals surface area contributed by atoms with Gasteiger partial charge in [0.2, 0.25) is 11.8 Å². The van der Waals surface area contributed by atoms with Gasteiger partial charge in [-0.2, -0.15) is 0 Å². The van der Waals surface area contributed by atoms with Gasteiger partial charge in [0.25, 0.3) is 0 Å². The Morgan fingerprint density at radius 2 is 1.67 bits per heavy atom. The number of amides is 2. The van der Waals surface area contributed by atoms with Gasteiger partial charge < -0.3 is 9.47 Å². The van der Waals surface area contributed by atoms with E-state index in [1.54, 1.807) is 12.1 Å². The quantitative estimate of drug-likeness (QED) is 0.738. The van der Waals surface area contributed by atoms with E-state index in [0.717, 1.165) is 0 Å². The third-order valence-electron chi connectivity index (χ3n) is 4.76. The Balaban J connectivity index is 1.64. The van der Waals surface area contributed by atoms with Crippen LogP contribution in [0.5, 0.6) is 0 Å². The number of rotatable bonds is 1. The van der Waals surface area contributed by atoms with Crippen molar-refractivity contribution >= 4 is 17.5 Å². The van der Waals surface area contributed by atoms with Crippen molar-refractivity contribution in [2.45, 2.75) is 25.0 Å². The number of fused-ring (bicyclic) bond motifs is 1. The Morgan fingerprint density at radius 1 is 1.00 bits per heavy atom. The average Bonchev–Trinajstić information content (AvgIpc) is 3.05. The van der Waals surface area contributed by atoms with Crippen LogP contribution in [-0.4, -0.2) is 30.8 Å². The van der Waals surface area contributed by atoms with Gasteiger partial charge in [0.15, 0.2) is 5.79 Å². The predicted molar refractivity (Wildman–Crippen MR) is 74.4 cm³/mol. The molecule has 2 aliphatic heterocycles. The van der Waals surface area contributed by atoms with Crippen molar-refractivity contribution in [1.82, 2.24) is 0 Å². The van der Waals surface area contributed by atoms with Gasteiger partial charge in [-0.25, -0.2) is 0 Å². The zero-order chi connectivity index (χ0) is 14.4. The lowest BCUT2D eigenvalue weighted by Crippen LogP contribution is -2.41. The first-order chi connectivity index (χ1) is 10.2. The van der Waals surface area contributed by atoms with Gasteiger partial charge in [-0.3, -0.25) is 14.5 Å². The lowest BCUT2D eigenvalue weighted by Gasteiger charge is -2.35. The van der Waals surface area contributed by atoms with Crippen LogP contribution in [-0.2, 0) is 19.1 Å². The fourth-order valence-electron chi connectivity index (χ4n) is 3.74. The van der Waals surface area contributed by atoms with Crippen LogP contribution in [0.15, 0.2) is 30.3 Å². The third kappa shape index (κ3) is 1.92. The Kier molecular flexibility index (Phi) is 2.87. The SMILES string of the molecule is O=C1[C@H]2CCC3(C[C@H]2C(=O)N1c1ccccc1)OCCO3. The van der Waals surface area contributed by atoms with E-state index in [9.17, 15) is 9.59 Å². The Hall–Kier alpha value is -1.72. The van der Waals surface area contributed by atoms with Crippen LogP contribution in [0.2, 0.25) is 0 Å². The Bertz CT molecular complexity index is 579. The molecule has 21 heavy (non-hydrogen) atoms. The number of para-hydroxylation sites is 1. The number of carbonyl (C=O) groups excluding carboxylic acids is 2. The van der Waals surface area contributed by atoms with Crippen molar-refractivity contribution in [2.75, 3.05) is 18.1 Å². The van der Waals surface area contributed by atoms with Gasteiger partial charge in [0.05, 0.1) is 30.7 Å². The number of hydrogen-bond donors (Lipinski definition) is 0. The summed E-state index contributed by atoms with van der Waals surface area (Å²) in [7, 11) is 0. The van der Waals surface area contributed by atoms with Crippen molar-refractivity contribution in [3.8, 4) is 0 Å². The summed E-state index contributed by atoms with van der Waals surface area (Å²) in [6.45, 7) is 1.14. The van der Waals surface area contributed by atoms with Gasteiger partial charge in [-0.1, -0.05) is 18.2 Å². The van der Waals surface area contributed by atoms with Crippen molar-refractivity contribution in [3.63, 3.8) is 0 Å². The predicted octanol–water partition coefficient (Wildman–Crippen LogP) is 1.72. The van der Waals surface area contributed by atoms with Crippen LogP contribution in [0, 0.1) is 11.8 Å². The number of anilines is 1. The van der Waals surface area contributed by atoms with Gasteiger partial charge in [-0.05, 0) is 18.6 Å². The molecule has 3 aliphatic rings. The molecule has 1 aliphatic carbocycles. The third-order valence-corrected chi connectivity index (χ3v) is 4.76. The van der Waals surface area contributed by atoms with Crippen LogP contribution < -0.4 is 4.90 Å². The van der Waals surface area contributed by atoms with Crippen LogP contribution in [0.3, 0.4) is 0 Å². The molecule has 0 N–H and O–H groups in total. The highest BCUT2D eigenvalue weighted by Crippen LogP contribution is 2.46. The van der Waals surface area contributed by atoms with E-state index in [0.29, 0.717) is 38.2 Å². The highest BCUT2D eigenvalue weighted by molar-refractivity contribution is 6.22. The highest BCUT2D eigenvalue weighted by atomic mass is 16.7. The minimum absolute atomic E-state index is 0.0796. The van der Waals surface area contributed by atoms with Crippen molar-refractivity contribution in [2.24, 2.45) is 11.8 Å². The lowest BCUT2D eigenvalue weighted by atomic mass is 9.77. The fourth-order valence-corrected chi connectivity index (χ4v) is 3.74. The molecule has 0 bridgehead atoms. The summed E-state index contributed by atoms with van der Waals surface area (Å²) in [4.78, 5) is 26.6. The zero-order valence-corrected chi connectivity index (χ0v) is 11.7. The van der Waals surface area contributed by atoms with Gasteiger partial charge in [0.1, 0.15) is 0 Å². The first-order valence-corrected chi connectivity index (χ1v) is 7.41. The number of imide groups is 1. The maximum absolute atomic E-state index is 12.7. The first-order valence-electron chi connectivity index (χ1n) is 7.41. The molecule has 2 atom stereocenters. The molecular formula is C16H17NO4. The normalized spacial score (nSPS) is 31.0. The zero-order valence-electron chi connectivity index (χ0n) is 11.7. The summed E-state index contributed by atoms with van der Waals surface area (Å²) in [5.41, 5.74) is 0.657. The molecule has 0 aromatic heterocycles. The topological polar surface area (TPSA) is 55.8 Å². The van der Waals surface area contributed by atoms with Crippen LogP contribution in [0.1, 0.15) is 19.3 Å². The molecule has 1 aromatic carbocycles. The van der Waals surface area contributed by atoms with Crippen molar-refractivity contribution < 1.29 is 19.1 Å². The molecule has 4 rings (SSSR count). The summed E-state index contributed by atoms with van der Waals surface area (Å²) in [5.74, 6) is -1.37. The molecule has 2 heterocycles. The molecule has 1 aromatic rings. The van der Waals surface area contributed by atoms with Gasteiger partial charge in [-0.15, -0.1) is 0 Å². The molecule has 3 fully saturated rings. The molecule has 5 nitrogen and oxygen atoms in total.